The third kappa shape index (κ3) is 3.63. The summed E-state index contributed by atoms with van der Waals surface area (Å²) < 4.78 is 2.08. The number of nitrogens with one attached hydrogen (secondary N) is 1. The standard InChI is InChI=1S/C18H28N2O4/c1-12-4-5-17-16(6-12)13(2)14(3)20(17)8-15(24)7-19-18(9-21,10-22)11-23/h4-6,15,19,21-24H,7-11H2,1-3H3. The number of hydrogen-bond donors (Lipinski definition) is 5. The zero-order chi connectivity index (χ0) is 17.9. The van der Waals surface area contributed by atoms with Crippen molar-refractivity contribution >= 4 is 10.9 Å². The van der Waals surface area contributed by atoms with Crippen LogP contribution in [-0.4, -0.2) is 63.0 Å². The summed E-state index contributed by atoms with van der Waals surface area (Å²) in [6.45, 7) is 5.50. The normalized spacial score (nSPS) is 13.6. The number of rotatable bonds is 8. The molecule has 2 aromatic rings. The van der Waals surface area contributed by atoms with Crippen molar-refractivity contribution in [3.05, 3.63) is 35.0 Å². The highest BCUT2D eigenvalue weighted by Gasteiger charge is 2.28. The minimum atomic E-state index is -1.18. The number of aryl methyl sites for hydroxylation is 2. The first-order valence-corrected chi connectivity index (χ1v) is 8.19. The molecule has 1 aromatic carbocycles. The van der Waals surface area contributed by atoms with E-state index in [9.17, 15) is 20.4 Å². The smallest absolute Gasteiger partial charge is 0.0882 e. The lowest BCUT2D eigenvalue weighted by atomic mass is 10.0. The second-order valence-electron chi connectivity index (χ2n) is 6.63. The molecule has 0 radical (unpaired) electrons. The van der Waals surface area contributed by atoms with Crippen molar-refractivity contribution in [1.29, 1.82) is 0 Å². The third-order valence-corrected chi connectivity index (χ3v) is 4.81. The maximum atomic E-state index is 10.4. The summed E-state index contributed by atoms with van der Waals surface area (Å²) >= 11 is 0. The number of benzene rings is 1. The van der Waals surface area contributed by atoms with Crippen LogP contribution in [0.15, 0.2) is 18.2 Å². The fraction of sp³-hybridized carbons (Fsp3) is 0.556. The SMILES string of the molecule is Cc1ccc2c(c1)c(C)c(C)n2CC(O)CNC(CO)(CO)CO. The summed E-state index contributed by atoms with van der Waals surface area (Å²) in [6, 6.07) is 6.26. The fourth-order valence-corrected chi connectivity index (χ4v) is 2.93. The Morgan fingerprint density at radius 2 is 1.71 bits per heavy atom. The third-order valence-electron chi connectivity index (χ3n) is 4.81. The summed E-state index contributed by atoms with van der Waals surface area (Å²) in [7, 11) is 0. The molecule has 0 saturated carbocycles. The van der Waals surface area contributed by atoms with Gasteiger partial charge in [-0.15, -0.1) is 0 Å². The predicted octanol–water partition coefficient (Wildman–Crippen LogP) is 0.233. The Morgan fingerprint density at radius 1 is 1.08 bits per heavy atom. The van der Waals surface area contributed by atoms with Crippen molar-refractivity contribution in [3.63, 3.8) is 0 Å². The molecule has 0 bridgehead atoms. The predicted molar refractivity (Wildman–Crippen MR) is 94.1 cm³/mol. The number of aliphatic hydroxyl groups excluding tert-OH is 4. The molecule has 6 nitrogen and oxygen atoms in total. The fourth-order valence-electron chi connectivity index (χ4n) is 2.93. The topological polar surface area (TPSA) is 97.9 Å². The van der Waals surface area contributed by atoms with E-state index in [0.717, 1.165) is 11.2 Å². The molecule has 24 heavy (non-hydrogen) atoms. The Labute approximate surface area is 142 Å². The van der Waals surface area contributed by atoms with Crippen molar-refractivity contribution in [2.45, 2.75) is 39.0 Å². The van der Waals surface area contributed by atoms with Gasteiger partial charge in [0.2, 0.25) is 0 Å². The van der Waals surface area contributed by atoms with Crippen LogP contribution >= 0.6 is 0 Å². The highest BCUT2D eigenvalue weighted by Crippen LogP contribution is 2.26. The second kappa shape index (κ2) is 7.63. The molecule has 134 valence electrons. The highest BCUT2D eigenvalue weighted by atomic mass is 16.3. The van der Waals surface area contributed by atoms with E-state index in [1.54, 1.807) is 0 Å². The summed E-state index contributed by atoms with van der Waals surface area (Å²) in [6.07, 6.45) is -0.718. The summed E-state index contributed by atoms with van der Waals surface area (Å²) in [5, 5.41) is 42.4. The van der Waals surface area contributed by atoms with Crippen LogP contribution in [0, 0.1) is 20.8 Å². The van der Waals surface area contributed by atoms with Crippen molar-refractivity contribution < 1.29 is 20.4 Å². The quantitative estimate of drug-likeness (QED) is 0.475. The van der Waals surface area contributed by atoms with Crippen LogP contribution in [0.4, 0.5) is 0 Å². The molecule has 0 aliphatic heterocycles. The first-order chi connectivity index (χ1) is 11.4. The van der Waals surface area contributed by atoms with Gasteiger partial charge in [0, 0.05) is 23.1 Å². The van der Waals surface area contributed by atoms with Crippen molar-refractivity contribution in [2.24, 2.45) is 0 Å². The van der Waals surface area contributed by atoms with Crippen molar-refractivity contribution in [1.82, 2.24) is 9.88 Å². The number of hydrogen-bond acceptors (Lipinski definition) is 5. The molecule has 1 unspecified atom stereocenters. The number of aliphatic hydroxyl groups is 4. The average molecular weight is 336 g/mol. The number of aromatic nitrogens is 1. The molecule has 6 heteroatoms. The van der Waals surface area contributed by atoms with Crippen LogP contribution in [-0.2, 0) is 6.54 Å². The maximum Gasteiger partial charge on any atom is 0.0882 e. The number of nitrogens with zero attached hydrogens (tertiary/aromatic N) is 1. The molecule has 2 rings (SSSR count). The minimum Gasteiger partial charge on any atom is -0.394 e. The van der Waals surface area contributed by atoms with Gasteiger partial charge >= 0.3 is 0 Å². The zero-order valence-electron chi connectivity index (χ0n) is 14.6. The number of fused-ring (bicyclic) bond motifs is 1. The van der Waals surface area contributed by atoms with Gasteiger partial charge in [0.25, 0.3) is 0 Å². The van der Waals surface area contributed by atoms with E-state index in [4.69, 9.17) is 0 Å². The van der Waals surface area contributed by atoms with Crippen LogP contribution < -0.4 is 5.32 Å². The molecule has 1 aromatic heterocycles. The molecule has 0 aliphatic rings. The molecule has 0 saturated heterocycles. The largest absolute Gasteiger partial charge is 0.394 e. The molecule has 0 fully saturated rings. The summed E-state index contributed by atoms with van der Waals surface area (Å²) in [5.41, 5.74) is 3.40. The van der Waals surface area contributed by atoms with Crippen LogP contribution in [0.2, 0.25) is 0 Å². The van der Waals surface area contributed by atoms with Gasteiger partial charge in [-0.05, 0) is 38.5 Å². The lowest BCUT2D eigenvalue weighted by molar-refractivity contribution is 0.0306. The molecule has 0 spiro atoms. The van der Waals surface area contributed by atoms with E-state index < -0.39 is 31.5 Å². The Hall–Kier alpha value is -1.44. The van der Waals surface area contributed by atoms with Crippen LogP contribution in [0.25, 0.3) is 10.9 Å². The maximum absolute atomic E-state index is 10.4. The van der Waals surface area contributed by atoms with Crippen LogP contribution in [0.5, 0.6) is 0 Å². The molecule has 5 N–H and O–H groups in total. The van der Waals surface area contributed by atoms with Gasteiger partial charge < -0.3 is 30.3 Å². The monoisotopic (exact) mass is 336 g/mol. The molecular weight excluding hydrogens is 308 g/mol. The Morgan fingerprint density at radius 3 is 2.29 bits per heavy atom. The van der Waals surface area contributed by atoms with Gasteiger partial charge in [-0.3, -0.25) is 0 Å². The average Bonchev–Trinajstić information content (AvgIpc) is 2.81. The van der Waals surface area contributed by atoms with E-state index >= 15 is 0 Å². The molecule has 1 heterocycles. The second-order valence-corrected chi connectivity index (χ2v) is 6.63. The van der Waals surface area contributed by atoms with Crippen molar-refractivity contribution in [2.75, 3.05) is 26.4 Å². The highest BCUT2D eigenvalue weighted by molar-refractivity contribution is 5.85. The zero-order valence-corrected chi connectivity index (χ0v) is 14.6. The van der Waals surface area contributed by atoms with E-state index in [0.29, 0.717) is 6.54 Å². The molecular formula is C18H28N2O4. The van der Waals surface area contributed by atoms with E-state index in [1.807, 2.05) is 6.92 Å². The number of β-amino-alcohol motifs (C(OH)–C–C–N with tert-alkyl or cyclic N) is 1. The van der Waals surface area contributed by atoms with E-state index in [1.165, 1.54) is 16.5 Å². The minimum absolute atomic E-state index is 0.158. The first-order valence-electron chi connectivity index (χ1n) is 8.19. The van der Waals surface area contributed by atoms with Gasteiger partial charge in [-0.25, -0.2) is 0 Å². The lowest BCUT2D eigenvalue weighted by Gasteiger charge is -2.30. The van der Waals surface area contributed by atoms with Crippen LogP contribution in [0.3, 0.4) is 0 Å². The summed E-state index contributed by atoms with van der Waals surface area (Å²) in [5.74, 6) is 0. The first kappa shape index (κ1) is 18.9. The Bertz CT molecular complexity index is 684. The van der Waals surface area contributed by atoms with Crippen LogP contribution in [0.1, 0.15) is 16.8 Å². The van der Waals surface area contributed by atoms with Gasteiger partial charge in [-0.2, -0.15) is 0 Å². The van der Waals surface area contributed by atoms with Gasteiger partial charge in [0.05, 0.1) is 38.0 Å². The van der Waals surface area contributed by atoms with Gasteiger partial charge in [0.15, 0.2) is 0 Å². The molecule has 1 atom stereocenters. The van der Waals surface area contributed by atoms with E-state index in [-0.39, 0.29) is 6.54 Å². The summed E-state index contributed by atoms with van der Waals surface area (Å²) in [4.78, 5) is 0. The van der Waals surface area contributed by atoms with E-state index in [2.05, 4.69) is 41.9 Å². The Kier molecular flexibility index (Phi) is 6.01. The Balaban J connectivity index is 2.16. The van der Waals surface area contributed by atoms with Gasteiger partial charge in [-0.1, -0.05) is 11.6 Å². The molecule has 0 aliphatic carbocycles. The van der Waals surface area contributed by atoms with Crippen molar-refractivity contribution in [3.8, 4) is 0 Å². The van der Waals surface area contributed by atoms with Gasteiger partial charge in [0.1, 0.15) is 0 Å². The lowest BCUT2D eigenvalue weighted by Crippen LogP contribution is -2.56. The molecule has 0 amide bonds.